The third-order valence-electron chi connectivity index (χ3n) is 7.13. The molecule has 0 N–H and O–H groups in total. The van der Waals surface area contributed by atoms with Crippen molar-refractivity contribution in [1.82, 2.24) is 18.8 Å². The second-order valence-electron chi connectivity index (χ2n) is 9.21. The molecular formula is C28H16N4O2. The lowest BCUT2D eigenvalue weighted by atomic mass is 9.96. The fourth-order valence-corrected chi connectivity index (χ4v) is 5.62. The van der Waals surface area contributed by atoms with Crippen molar-refractivity contribution in [1.29, 1.82) is 0 Å². The van der Waals surface area contributed by atoms with Crippen LogP contribution in [0.1, 0.15) is 11.1 Å². The van der Waals surface area contributed by atoms with E-state index in [-0.39, 0.29) is 11.1 Å². The van der Waals surface area contributed by atoms with Crippen LogP contribution in [0.4, 0.5) is 0 Å². The second kappa shape index (κ2) is 5.66. The minimum atomic E-state index is -0.125. The predicted molar refractivity (Wildman–Crippen MR) is 136 cm³/mol. The summed E-state index contributed by atoms with van der Waals surface area (Å²) in [5.41, 5.74) is 6.31. The Hall–Kier alpha value is -4.58. The molecule has 0 saturated carbocycles. The number of fused-ring (bicyclic) bond motifs is 8. The van der Waals surface area contributed by atoms with E-state index in [1.807, 2.05) is 74.5 Å². The maximum absolute atomic E-state index is 13.7. The molecule has 0 atom stereocenters. The van der Waals surface area contributed by atoms with Crippen LogP contribution in [-0.4, -0.2) is 18.8 Å². The third kappa shape index (κ3) is 1.94. The number of rotatable bonds is 0. The lowest BCUT2D eigenvalue weighted by Crippen LogP contribution is -2.16. The average Bonchev–Trinajstić information content (AvgIpc) is 3.39. The van der Waals surface area contributed by atoms with E-state index in [1.165, 1.54) is 0 Å². The van der Waals surface area contributed by atoms with Crippen LogP contribution < -0.4 is 11.1 Å². The molecule has 0 unspecified atom stereocenters. The summed E-state index contributed by atoms with van der Waals surface area (Å²) >= 11 is 0. The molecule has 0 saturated heterocycles. The Balaban J connectivity index is 1.69. The molecule has 160 valence electrons. The van der Waals surface area contributed by atoms with Crippen molar-refractivity contribution in [3.8, 4) is 0 Å². The van der Waals surface area contributed by atoms with E-state index in [0.717, 1.165) is 54.7 Å². The van der Waals surface area contributed by atoms with Crippen LogP contribution in [0.25, 0.3) is 65.7 Å². The lowest BCUT2D eigenvalue weighted by molar-refractivity contribution is 1.18. The van der Waals surface area contributed by atoms with Gasteiger partial charge in [-0.2, -0.15) is 0 Å². The SMILES string of the molecule is Cc1ccc2c(c1)nc1c3ccc4c(=O)n5c6ccc(C)cc6nc5c5ccc(c(=O)n21)c3c45. The number of aromatic nitrogens is 4. The van der Waals surface area contributed by atoms with Gasteiger partial charge in [-0.1, -0.05) is 12.1 Å². The van der Waals surface area contributed by atoms with Crippen LogP contribution in [0.3, 0.4) is 0 Å². The van der Waals surface area contributed by atoms with Crippen molar-refractivity contribution >= 4 is 65.7 Å². The molecule has 0 aliphatic rings. The van der Waals surface area contributed by atoms with Gasteiger partial charge in [-0.05, 0) is 73.5 Å². The van der Waals surface area contributed by atoms with Gasteiger partial charge in [0, 0.05) is 32.3 Å². The molecule has 8 aromatic rings. The molecule has 4 aromatic carbocycles. The zero-order valence-electron chi connectivity index (χ0n) is 18.4. The van der Waals surface area contributed by atoms with Crippen molar-refractivity contribution in [2.75, 3.05) is 0 Å². The van der Waals surface area contributed by atoms with Gasteiger partial charge in [0.25, 0.3) is 11.1 Å². The number of nitrogens with zero attached hydrogens (tertiary/aromatic N) is 4. The summed E-state index contributed by atoms with van der Waals surface area (Å²) in [6, 6.07) is 19.4. The molecule has 6 heteroatoms. The fourth-order valence-electron chi connectivity index (χ4n) is 5.62. The van der Waals surface area contributed by atoms with E-state index >= 15 is 0 Å². The van der Waals surface area contributed by atoms with Crippen molar-refractivity contribution in [3.63, 3.8) is 0 Å². The van der Waals surface area contributed by atoms with Gasteiger partial charge in [0.2, 0.25) is 0 Å². The van der Waals surface area contributed by atoms with E-state index in [0.29, 0.717) is 22.1 Å². The van der Waals surface area contributed by atoms with Crippen LogP contribution >= 0.6 is 0 Å². The third-order valence-corrected chi connectivity index (χ3v) is 7.13. The van der Waals surface area contributed by atoms with Gasteiger partial charge in [0.05, 0.1) is 22.1 Å². The molecule has 6 nitrogen and oxygen atoms in total. The first-order valence-electron chi connectivity index (χ1n) is 11.2. The maximum Gasteiger partial charge on any atom is 0.264 e. The molecule has 0 radical (unpaired) electrons. The summed E-state index contributed by atoms with van der Waals surface area (Å²) in [4.78, 5) is 37.1. The normalized spacial score (nSPS) is 12.6. The summed E-state index contributed by atoms with van der Waals surface area (Å²) in [6.07, 6.45) is 0. The van der Waals surface area contributed by atoms with Gasteiger partial charge < -0.3 is 0 Å². The van der Waals surface area contributed by atoms with Gasteiger partial charge in [-0.15, -0.1) is 0 Å². The summed E-state index contributed by atoms with van der Waals surface area (Å²) < 4.78 is 3.38. The Bertz CT molecular complexity index is 2130. The highest BCUT2D eigenvalue weighted by Crippen LogP contribution is 2.36. The quantitative estimate of drug-likeness (QED) is 0.313. The highest BCUT2D eigenvalue weighted by molar-refractivity contribution is 6.27. The van der Waals surface area contributed by atoms with Gasteiger partial charge in [-0.25, -0.2) is 9.97 Å². The minimum absolute atomic E-state index is 0.125. The topological polar surface area (TPSA) is 68.7 Å². The lowest BCUT2D eigenvalue weighted by Gasteiger charge is -2.12. The Morgan fingerprint density at radius 2 is 0.971 bits per heavy atom. The number of benzene rings is 4. The van der Waals surface area contributed by atoms with Crippen LogP contribution in [0.5, 0.6) is 0 Å². The van der Waals surface area contributed by atoms with Crippen molar-refractivity contribution in [2.45, 2.75) is 13.8 Å². The zero-order chi connectivity index (χ0) is 22.9. The summed E-state index contributed by atoms with van der Waals surface area (Å²) in [7, 11) is 0. The van der Waals surface area contributed by atoms with E-state index in [9.17, 15) is 9.59 Å². The fraction of sp³-hybridized carbons (Fsp3) is 0.0714. The molecular weight excluding hydrogens is 424 g/mol. The highest BCUT2D eigenvalue weighted by Gasteiger charge is 2.22. The maximum atomic E-state index is 13.7. The van der Waals surface area contributed by atoms with Crippen LogP contribution in [0, 0.1) is 13.8 Å². The van der Waals surface area contributed by atoms with Gasteiger partial charge in [-0.3, -0.25) is 18.4 Å². The molecule has 0 aliphatic heterocycles. The van der Waals surface area contributed by atoms with Crippen molar-refractivity contribution < 1.29 is 0 Å². The largest absolute Gasteiger partial charge is 0.268 e. The summed E-state index contributed by atoms with van der Waals surface area (Å²) in [6.45, 7) is 4.03. The van der Waals surface area contributed by atoms with Crippen LogP contribution in [0.15, 0.2) is 70.3 Å². The second-order valence-corrected chi connectivity index (χ2v) is 9.21. The van der Waals surface area contributed by atoms with E-state index in [4.69, 9.17) is 9.97 Å². The van der Waals surface area contributed by atoms with Crippen LogP contribution in [-0.2, 0) is 0 Å². The molecule has 4 heterocycles. The molecule has 0 fully saturated rings. The molecule has 34 heavy (non-hydrogen) atoms. The van der Waals surface area contributed by atoms with Crippen molar-refractivity contribution in [2.24, 2.45) is 0 Å². The van der Waals surface area contributed by atoms with Crippen LogP contribution in [0.2, 0.25) is 0 Å². The highest BCUT2D eigenvalue weighted by atomic mass is 16.1. The molecule has 0 spiro atoms. The van der Waals surface area contributed by atoms with Gasteiger partial charge in [0.1, 0.15) is 11.3 Å². The average molecular weight is 440 g/mol. The first-order chi connectivity index (χ1) is 16.5. The Kier molecular flexibility index (Phi) is 2.98. The Morgan fingerprint density at radius 3 is 1.41 bits per heavy atom. The molecule has 0 amide bonds. The van der Waals surface area contributed by atoms with Gasteiger partial charge >= 0.3 is 0 Å². The first kappa shape index (κ1) is 17.9. The standard InChI is InChI=1S/C28H16N4O2/c1-13-3-9-21-19(11-13)29-25-15-5-7-18-24-16(6-8-17(23(15)24)27(33)31(21)25)26-30-20-12-14(2)4-10-22(20)32(26)28(18)34/h3-12H,1-2H3. The van der Waals surface area contributed by atoms with E-state index < -0.39 is 0 Å². The molecule has 8 rings (SSSR count). The number of hydrogen-bond acceptors (Lipinski definition) is 4. The van der Waals surface area contributed by atoms with E-state index in [1.54, 1.807) is 8.80 Å². The monoisotopic (exact) mass is 440 g/mol. The molecule has 4 aromatic heterocycles. The molecule has 0 bridgehead atoms. The number of hydrogen-bond donors (Lipinski definition) is 0. The molecule has 0 aliphatic carbocycles. The smallest absolute Gasteiger partial charge is 0.264 e. The number of pyridine rings is 2. The van der Waals surface area contributed by atoms with E-state index in [2.05, 4.69) is 0 Å². The zero-order valence-corrected chi connectivity index (χ0v) is 18.4. The minimum Gasteiger partial charge on any atom is -0.268 e. The number of imidazole rings is 2. The van der Waals surface area contributed by atoms with Gasteiger partial charge in [0.15, 0.2) is 0 Å². The first-order valence-corrected chi connectivity index (χ1v) is 11.2. The Labute approximate surface area is 191 Å². The van der Waals surface area contributed by atoms with Crippen molar-refractivity contribution in [3.05, 3.63) is 92.5 Å². The number of aryl methyl sites for hydroxylation is 2. The predicted octanol–water partition coefficient (Wildman–Crippen LogP) is 4.96. The Morgan fingerprint density at radius 1 is 0.559 bits per heavy atom. The summed E-state index contributed by atoms with van der Waals surface area (Å²) in [5.74, 6) is 0. The summed E-state index contributed by atoms with van der Waals surface area (Å²) in [5, 5.41) is 4.44.